The first kappa shape index (κ1) is 26.6. The Balaban J connectivity index is 1.77. The maximum atomic E-state index is 13.5. The molecule has 0 radical (unpaired) electrons. The molecule has 4 rings (SSSR count). The molecule has 194 valence electrons. The Labute approximate surface area is 211 Å². The highest BCUT2D eigenvalue weighted by Gasteiger charge is 2.38. The van der Waals surface area contributed by atoms with Crippen molar-refractivity contribution >= 4 is 44.2 Å². The highest BCUT2D eigenvalue weighted by Crippen LogP contribution is 2.38. The largest absolute Gasteiger partial charge is 0.416 e. The highest BCUT2D eigenvalue weighted by molar-refractivity contribution is 7.22. The third-order valence-corrected chi connectivity index (χ3v) is 6.94. The van der Waals surface area contributed by atoms with E-state index >= 15 is 0 Å². The summed E-state index contributed by atoms with van der Waals surface area (Å²) < 4.78 is 86.4. The number of morpholine rings is 1. The van der Waals surface area contributed by atoms with E-state index in [4.69, 9.17) is 16.3 Å². The van der Waals surface area contributed by atoms with Gasteiger partial charge >= 0.3 is 12.4 Å². The van der Waals surface area contributed by atoms with Crippen LogP contribution in [0.5, 0.6) is 0 Å². The van der Waals surface area contributed by atoms with Crippen molar-refractivity contribution in [2.75, 3.05) is 44.3 Å². The third kappa shape index (κ3) is 5.93. The molecule has 1 aliphatic rings. The zero-order valence-electron chi connectivity index (χ0n) is 18.8. The number of aryl methyl sites for hydroxylation is 1. The Hall–Kier alpha value is -2.41. The van der Waals surface area contributed by atoms with Crippen LogP contribution in [0.15, 0.2) is 30.3 Å². The van der Waals surface area contributed by atoms with Crippen molar-refractivity contribution in [3.05, 3.63) is 57.6 Å². The molecule has 0 spiro atoms. The van der Waals surface area contributed by atoms with Crippen LogP contribution in [0.1, 0.15) is 27.0 Å². The number of benzene rings is 2. The van der Waals surface area contributed by atoms with E-state index in [0.29, 0.717) is 60.2 Å². The van der Waals surface area contributed by atoms with Crippen molar-refractivity contribution in [2.45, 2.75) is 19.3 Å². The molecule has 0 unspecified atom stereocenters. The minimum absolute atomic E-state index is 0.00208. The van der Waals surface area contributed by atoms with E-state index in [1.807, 2.05) is 4.90 Å². The van der Waals surface area contributed by atoms with Crippen LogP contribution < -0.4 is 4.90 Å². The summed E-state index contributed by atoms with van der Waals surface area (Å²) in [5.74, 6) is -1.01. The summed E-state index contributed by atoms with van der Waals surface area (Å²) in [5.41, 5.74) is -2.57. The number of nitrogens with zero attached hydrogens (tertiary/aromatic N) is 3. The van der Waals surface area contributed by atoms with Gasteiger partial charge < -0.3 is 4.74 Å². The topological polar surface area (TPSA) is 45.7 Å². The molecule has 13 heteroatoms. The van der Waals surface area contributed by atoms with Gasteiger partial charge in [-0.05, 0) is 42.8 Å². The van der Waals surface area contributed by atoms with Gasteiger partial charge in [-0.2, -0.15) is 26.3 Å². The first-order valence-electron chi connectivity index (χ1n) is 10.8. The number of amides is 1. The van der Waals surface area contributed by atoms with Crippen molar-refractivity contribution in [3.8, 4) is 0 Å². The fourth-order valence-electron chi connectivity index (χ4n) is 3.84. The van der Waals surface area contributed by atoms with E-state index in [0.717, 1.165) is 21.8 Å². The van der Waals surface area contributed by atoms with Gasteiger partial charge in [-0.1, -0.05) is 22.9 Å². The number of thiazole rings is 1. The lowest BCUT2D eigenvalue weighted by molar-refractivity contribution is -0.143. The minimum atomic E-state index is -5.07. The molecule has 1 aliphatic heterocycles. The second-order valence-electron chi connectivity index (χ2n) is 8.27. The second-order valence-corrected chi connectivity index (χ2v) is 9.72. The number of hydrogen-bond donors (Lipinski definition) is 0. The lowest BCUT2D eigenvalue weighted by atomic mass is 10.0. The van der Waals surface area contributed by atoms with E-state index in [9.17, 15) is 31.1 Å². The van der Waals surface area contributed by atoms with Gasteiger partial charge in [-0.3, -0.25) is 14.6 Å². The summed E-state index contributed by atoms with van der Waals surface area (Å²) in [5, 5.41) is 0.591. The third-order valence-electron chi connectivity index (χ3n) is 5.69. The van der Waals surface area contributed by atoms with Crippen LogP contribution in [0.2, 0.25) is 5.02 Å². The van der Waals surface area contributed by atoms with E-state index in [1.54, 1.807) is 19.1 Å². The first-order valence-corrected chi connectivity index (χ1v) is 12.0. The maximum Gasteiger partial charge on any atom is 0.416 e. The zero-order valence-corrected chi connectivity index (χ0v) is 20.4. The zero-order chi connectivity index (χ0) is 26.3. The monoisotopic (exact) mass is 551 g/mol. The standard InChI is InChI=1S/C23H20ClF6N3O2S/c1-13-8-17(24)12-18-19(13)31-21(36-18)33(3-2-32-4-6-35-7-5-32)20(34)14-9-15(22(25,26)27)11-16(10-14)23(28,29)30/h8-12H,2-7H2,1H3. The number of carbonyl (C=O) groups excluding carboxylic acids is 1. The number of halogens is 7. The molecular formula is C23H20ClF6N3O2S. The smallest absolute Gasteiger partial charge is 0.379 e. The molecule has 0 aliphatic carbocycles. The van der Waals surface area contributed by atoms with Crippen LogP contribution in [0, 0.1) is 6.92 Å². The molecule has 0 bridgehead atoms. The summed E-state index contributed by atoms with van der Waals surface area (Å²) in [6.45, 7) is 4.22. The number of anilines is 1. The Morgan fingerprint density at radius 2 is 1.67 bits per heavy atom. The second kappa shape index (κ2) is 10.2. The number of carbonyl (C=O) groups is 1. The summed E-state index contributed by atoms with van der Waals surface area (Å²) >= 11 is 7.21. The van der Waals surface area contributed by atoms with Crippen molar-refractivity contribution in [2.24, 2.45) is 0 Å². The van der Waals surface area contributed by atoms with Crippen LogP contribution in [0.4, 0.5) is 31.5 Å². The van der Waals surface area contributed by atoms with Gasteiger partial charge in [0, 0.05) is 36.8 Å². The van der Waals surface area contributed by atoms with Gasteiger partial charge in [0.15, 0.2) is 5.13 Å². The summed E-state index contributed by atoms with van der Waals surface area (Å²) in [4.78, 5) is 21.1. The Bertz CT molecular complexity index is 1240. The minimum Gasteiger partial charge on any atom is -0.379 e. The Morgan fingerprint density at radius 3 is 2.25 bits per heavy atom. The molecule has 3 aromatic rings. The summed E-state index contributed by atoms with van der Waals surface area (Å²) in [7, 11) is 0. The van der Waals surface area contributed by atoms with Crippen LogP contribution >= 0.6 is 22.9 Å². The molecule has 1 fully saturated rings. The van der Waals surface area contributed by atoms with Crippen LogP contribution in [-0.2, 0) is 17.1 Å². The number of alkyl halides is 6. The van der Waals surface area contributed by atoms with Crippen molar-refractivity contribution in [1.82, 2.24) is 9.88 Å². The fraction of sp³-hybridized carbons (Fsp3) is 0.391. The average molecular weight is 552 g/mol. The van der Waals surface area contributed by atoms with Crippen molar-refractivity contribution in [1.29, 1.82) is 0 Å². The Morgan fingerprint density at radius 1 is 1.06 bits per heavy atom. The van der Waals surface area contributed by atoms with Crippen LogP contribution in [0.3, 0.4) is 0 Å². The lowest BCUT2D eigenvalue weighted by Gasteiger charge is -2.29. The van der Waals surface area contributed by atoms with Gasteiger partial charge in [-0.25, -0.2) is 4.98 Å². The normalized spacial score (nSPS) is 15.4. The van der Waals surface area contributed by atoms with Gasteiger partial charge in [-0.15, -0.1) is 0 Å². The van der Waals surface area contributed by atoms with E-state index in [1.165, 1.54) is 0 Å². The number of fused-ring (bicyclic) bond motifs is 1. The molecule has 5 nitrogen and oxygen atoms in total. The fourth-order valence-corrected chi connectivity index (χ4v) is 5.29. The molecule has 2 aromatic carbocycles. The van der Waals surface area contributed by atoms with Crippen LogP contribution in [-0.4, -0.2) is 55.2 Å². The van der Waals surface area contributed by atoms with Gasteiger partial charge in [0.2, 0.25) is 0 Å². The Kier molecular flexibility index (Phi) is 7.52. The number of hydrogen-bond acceptors (Lipinski definition) is 5. The van der Waals surface area contributed by atoms with Gasteiger partial charge in [0.05, 0.1) is 34.6 Å². The molecule has 1 saturated heterocycles. The van der Waals surface area contributed by atoms with E-state index in [-0.39, 0.29) is 17.7 Å². The molecular weight excluding hydrogens is 532 g/mol. The van der Waals surface area contributed by atoms with E-state index < -0.39 is 35.0 Å². The SMILES string of the molecule is Cc1cc(Cl)cc2sc(N(CCN3CCOCC3)C(=O)c3cc(C(F)(F)F)cc(C(F)(F)F)c3)nc12. The summed E-state index contributed by atoms with van der Waals surface area (Å²) in [6.07, 6.45) is -10.1. The quantitative estimate of drug-likeness (QED) is 0.350. The molecule has 2 heterocycles. The molecule has 1 aromatic heterocycles. The van der Waals surface area contributed by atoms with Crippen molar-refractivity contribution in [3.63, 3.8) is 0 Å². The van der Waals surface area contributed by atoms with Gasteiger partial charge in [0.1, 0.15) is 0 Å². The average Bonchev–Trinajstić information content (AvgIpc) is 3.22. The molecule has 1 amide bonds. The number of ether oxygens (including phenoxy) is 1. The van der Waals surface area contributed by atoms with Crippen LogP contribution in [0.25, 0.3) is 10.2 Å². The predicted octanol–water partition coefficient (Wildman–Crippen LogP) is 6.27. The lowest BCUT2D eigenvalue weighted by Crippen LogP contribution is -2.43. The number of aromatic nitrogens is 1. The first-order chi connectivity index (χ1) is 16.8. The van der Waals surface area contributed by atoms with Gasteiger partial charge in [0.25, 0.3) is 5.91 Å². The maximum absolute atomic E-state index is 13.5. The van der Waals surface area contributed by atoms with Crippen molar-refractivity contribution < 1.29 is 35.9 Å². The van der Waals surface area contributed by atoms with E-state index in [2.05, 4.69) is 4.98 Å². The molecule has 0 N–H and O–H groups in total. The summed E-state index contributed by atoms with van der Waals surface area (Å²) in [6, 6.07) is 4.19. The molecule has 0 saturated carbocycles. The number of rotatable bonds is 5. The molecule has 0 atom stereocenters. The predicted molar refractivity (Wildman–Crippen MR) is 125 cm³/mol. The molecule has 36 heavy (non-hydrogen) atoms. The highest BCUT2D eigenvalue weighted by atomic mass is 35.5.